The van der Waals surface area contributed by atoms with Gasteiger partial charge >= 0.3 is 0 Å². The number of anilines is 1. The van der Waals surface area contributed by atoms with Crippen molar-refractivity contribution in [1.82, 2.24) is 15.5 Å². The molecule has 2 amide bonds. The summed E-state index contributed by atoms with van der Waals surface area (Å²) in [5, 5.41) is 18.3. The molecule has 170 valence electrons. The van der Waals surface area contributed by atoms with Crippen LogP contribution in [0.3, 0.4) is 0 Å². The Bertz CT molecular complexity index is 1180. The Morgan fingerprint density at radius 1 is 0.939 bits per heavy atom. The van der Waals surface area contributed by atoms with Crippen molar-refractivity contribution in [1.29, 1.82) is 0 Å². The first-order valence-corrected chi connectivity index (χ1v) is 12.8. The molecule has 0 unspecified atom stereocenters. The molecule has 4 bridgehead atoms. The fourth-order valence-electron chi connectivity index (χ4n) is 6.76. The van der Waals surface area contributed by atoms with E-state index in [4.69, 9.17) is 0 Å². The maximum atomic E-state index is 12.5. The zero-order valence-electron chi connectivity index (χ0n) is 18.5. The van der Waals surface area contributed by atoms with Crippen molar-refractivity contribution in [3.8, 4) is 0 Å². The zero-order chi connectivity index (χ0) is 22.4. The van der Waals surface area contributed by atoms with Crippen LogP contribution in [0, 0.1) is 17.8 Å². The summed E-state index contributed by atoms with van der Waals surface area (Å²) in [6.45, 7) is 0.276. The standard InChI is InChI=1S/C26H28N4O2S/c31-22(7-8-27-23(32)21-6-5-19-3-1-2-4-20(19)12-21)28-25-30-29-24(33-25)26-13-16-9-17(14-26)11-18(10-16)15-26/h1-6,12,16-18H,7-11,13-15H2,(H,27,32)(H,28,30,31). The molecule has 6 nitrogen and oxygen atoms in total. The fourth-order valence-corrected chi connectivity index (χ4v) is 7.74. The lowest BCUT2D eigenvalue weighted by Crippen LogP contribution is -2.48. The largest absolute Gasteiger partial charge is 0.352 e. The van der Waals surface area contributed by atoms with Crippen LogP contribution >= 0.6 is 11.3 Å². The van der Waals surface area contributed by atoms with Crippen LogP contribution in [0.4, 0.5) is 5.13 Å². The first-order valence-electron chi connectivity index (χ1n) is 12.0. The lowest BCUT2D eigenvalue weighted by Gasteiger charge is -2.55. The van der Waals surface area contributed by atoms with Gasteiger partial charge < -0.3 is 10.6 Å². The van der Waals surface area contributed by atoms with Gasteiger partial charge in [0.1, 0.15) is 5.01 Å². The molecule has 0 radical (unpaired) electrons. The lowest BCUT2D eigenvalue weighted by atomic mass is 9.50. The predicted molar refractivity (Wildman–Crippen MR) is 129 cm³/mol. The van der Waals surface area contributed by atoms with E-state index >= 15 is 0 Å². The van der Waals surface area contributed by atoms with E-state index in [1.54, 1.807) is 11.3 Å². The Morgan fingerprint density at radius 3 is 2.36 bits per heavy atom. The number of hydrogen-bond acceptors (Lipinski definition) is 5. The molecule has 4 aliphatic rings. The Morgan fingerprint density at radius 2 is 1.64 bits per heavy atom. The second kappa shape index (κ2) is 8.20. The summed E-state index contributed by atoms with van der Waals surface area (Å²) >= 11 is 1.55. The Labute approximate surface area is 197 Å². The highest BCUT2D eigenvalue weighted by atomic mass is 32.1. The number of rotatable bonds is 6. The van der Waals surface area contributed by atoms with Crippen LogP contribution in [-0.2, 0) is 10.2 Å². The first kappa shape index (κ1) is 20.8. The van der Waals surface area contributed by atoms with Gasteiger partial charge in [0.15, 0.2) is 0 Å². The van der Waals surface area contributed by atoms with Crippen molar-refractivity contribution in [2.24, 2.45) is 17.8 Å². The van der Waals surface area contributed by atoms with E-state index in [1.165, 1.54) is 38.5 Å². The van der Waals surface area contributed by atoms with E-state index in [9.17, 15) is 9.59 Å². The van der Waals surface area contributed by atoms with Crippen molar-refractivity contribution in [3.63, 3.8) is 0 Å². The molecular weight excluding hydrogens is 432 g/mol. The molecule has 0 atom stereocenters. The van der Waals surface area contributed by atoms with Gasteiger partial charge in [-0.2, -0.15) is 0 Å². The fraction of sp³-hybridized carbons (Fsp3) is 0.462. The molecule has 1 aromatic heterocycles. The van der Waals surface area contributed by atoms with Crippen molar-refractivity contribution in [2.75, 3.05) is 11.9 Å². The molecule has 3 aromatic rings. The average Bonchev–Trinajstić information content (AvgIpc) is 3.27. The molecule has 0 spiro atoms. The minimum Gasteiger partial charge on any atom is -0.352 e. The van der Waals surface area contributed by atoms with Crippen molar-refractivity contribution in [3.05, 3.63) is 53.0 Å². The van der Waals surface area contributed by atoms with Crippen LogP contribution in [0.1, 0.15) is 60.3 Å². The predicted octanol–water partition coefficient (Wildman–Crippen LogP) is 4.92. The second-order valence-electron chi connectivity index (χ2n) is 10.2. The summed E-state index contributed by atoms with van der Waals surface area (Å²) in [7, 11) is 0. The second-order valence-corrected chi connectivity index (χ2v) is 11.2. The Balaban J connectivity index is 1.03. The zero-order valence-corrected chi connectivity index (χ0v) is 19.4. The maximum Gasteiger partial charge on any atom is 0.251 e. The molecule has 4 aliphatic carbocycles. The third kappa shape index (κ3) is 4.03. The number of carbonyl (C=O) groups is 2. The molecule has 33 heavy (non-hydrogen) atoms. The number of hydrogen-bond donors (Lipinski definition) is 2. The monoisotopic (exact) mass is 460 g/mol. The van der Waals surface area contributed by atoms with E-state index in [2.05, 4.69) is 20.8 Å². The van der Waals surface area contributed by atoms with Crippen LogP contribution in [0.25, 0.3) is 10.8 Å². The molecule has 4 saturated carbocycles. The van der Waals surface area contributed by atoms with Crippen LogP contribution < -0.4 is 10.6 Å². The quantitative estimate of drug-likeness (QED) is 0.547. The SMILES string of the molecule is O=C(CCNC(=O)c1ccc2ccccc2c1)Nc1nnc(C23CC4CC(CC(C4)C2)C3)s1. The summed E-state index contributed by atoms with van der Waals surface area (Å²) in [6.07, 6.45) is 8.10. The molecule has 2 N–H and O–H groups in total. The number of amides is 2. The summed E-state index contributed by atoms with van der Waals surface area (Å²) < 4.78 is 0. The number of aromatic nitrogens is 2. The minimum atomic E-state index is -0.173. The molecule has 7 rings (SSSR count). The smallest absolute Gasteiger partial charge is 0.251 e. The summed E-state index contributed by atoms with van der Waals surface area (Å²) in [5.74, 6) is 2.23. The Kier molecular flexibility index (Phi) is 5.17. The van der Waals surface area contributed by atoms with Gasteiger partial charge in [-0.1, -0.05) is 41.7 Å². The average molecular weight is 461 g/mol. The highest BCUT2D eigenvalue weighted by Gasteiger charge is 2.53. The number of benzene rings is 2. The summed E-state index contributed by atoms with van der Waals surface area (Å²) in [5.41, 5.74) is 0.793. The topological polar surface area (TPSA) is 84.0 Å². The van der Waals surface area contributed by atoms with Gasteiger partial charge in [-0.05, 0) is 79.2 Å². The van der Waals surface area contributed by atoms with E-state index < -0.39 is 0 Å². The summed E-state index contributed by atoms with van der Waals surface area (Å²) in [4.78, 5) is 24.9. The van der Waals surface area contributed by atoms with Gasteiger partial charge in [-0.25, -0.2) is 0 Å². The third-order valence-electron chi connectivity index (χ3n) is 7.81. The molecule has 1 heterocycles. The highest BCUT2D eigenvalue weighted by molar-refractivity contribution is 7.15. The normalized spacial score (nSPS) is 27.6. The summed E-state index contributed by atoms with van der Waals surface area (Å²) in [6, 6.07) is 13.6. The van der Waals surface area contributed by atoms with Gasteiger partial charge in [-0.15, -0.1) is 10.2 Å². The van der Waals surface area contributed by atoms with Crippen LogP contribution in [0.2, 0.25) is 0 Å². The minimum absolute atomic E-state index is 0.151. The van der Waals surface area contributed by atoms with E-state index in [-0.39, 0.29) is 30.2 Å². The number of nitrogens with zero attached hydrogens (tertiary/aromatic N) is 2. The maximum absolute atomic E-state index is 12.5. The van der Waals surface area contributed by atoms with E-state index in [1.807, 2.05) is 42.5 Å². The van der Waals surface area contributed by atoms with Crippen LogP contribution in [0.15, 0.2) is 42.5 Å². The number of fused-ring (bicyclic) bond motifs is 1. The molecule has 0 aliphatic heterocycles. The van der Waals surface area contributed by atoms with Gasteiger partial charge in [0.25, 0.3) is 5.91 Å². The van der Waals surface area contributed by atoms with Crippen LogP contribution in [-0.4, -0.2) is 28.6 Å². The van der Waals surface area contributed by atoms with Gasteiger partial charge in [0, 0.05) is 23.9 Å². The molecular formula is C26H28N4O2S. The van der Waals surface area contributed by atoms with Crippen molar-refractivity contribution >= 4 is 39.1 Å². The molecule has 4 fully saturated rings. The highest BCUT2D eigenvalue weighted by Crippen LogP contribution is 2.61. The van der Waals surface area contributed by atoms with Crippen molar-refractivity contribution < 1.29 is 9.59 Å². The van der Waals surface area contributed by atoms with Gasteiger partial charge in [0.2, 0.25) is 11.0 Å². The van der Waals surface area contributed by atoms with Gasteiger partial charge in [0.05, 0.1) is 0 Å². The van der Waals surface area contributed by atoms with E-state index in [0.717, 1.165) is 33.5 Å². The molecule has 7 heteroatoms. The lowest BCUT2D eigenvalue weighted by molar-refractivity contribution is -0.116. The number of nitrogens with one attached hydrogen (secondary N) is 2. The van der Waals surface area contributed by atoms with Gasteiger partial charge in [-0.3, -0.25) is 9.59 Å². The molecule has 2 aromatic carbocycles. The van der Waals surface area contributed by atoms with Crippen LogP contribution in [0.5, 0.6) is 0 Å². The first-order chi connectivity index (χ1) is 16.1. The van der Waals surface area contributed by atoms with E-state index in [0.29, 0.717) is 10.7 Å². The Hall–Kier alpha value is -2.80. The number of carbonyl (C=O) groups excluding carboxylic acids is 2. The molecule has 0 saturated heterocycles. The van der Waals surface area contributed by atoms with Crippen molar-refractivity contribution in [2.45, 2.75) is 50.4 Å². The third-order valence-corrected chi connectivity index (χ3v) is 8.90.